The largest absolute Gasteiger partial charge is 0.329 e. The number of hydrogen-bond donors (Lipinski definition) is 2. The Morgan fingerprint density at radius 2 is 0.882 bits per heavy atom. The van der Waals surface area contributed by atoms with Crippen molar-refractivity contribution in [2.75, 3.05) is 66.5 Å². The molecule has 4 rings (SSSR count). The zero-order valence-corrected chi connectivity index (χ0v) is 19.5. The summed E-state index contributed by atoms with van der Waals surface area (Å²) in [6.07, 6.45) is 0. The molecule has 0 aromatic heterocycles. The molecule has 0 unspecified atom stereocenters. The first-order chi connectivity index (χ1) is 16.3. The number of imide groups is 2. The van der Waals surface area contributed by atoms with E-state index in [0.717, 1.165) is 0 Å². The number of nitrogens with zero attached hydrogens (tertiary/aromatic N) is 4. The lowest BCUT2D eigenvalue weighted by Gasteiger charge is -2.33. The summed E-state index contributed by atoms with van der Waals surface area (Å²) in [6, 6.07) is 6.34. The second-order valence-corrected chi connectivity index (χ2v) is 8.78. The molecule has 0 aliphatic carbocycles. The maximum atomic E-state index is 13.2. The third-order valence-electron chi connectivity index (χ3n) is 6.50. The molecule has 10 heteroatoms. The molecule has 4 N–H and O–H groups in total. The van der Waals surface area contributed by atoms with Crippen LogP contribution in [0.1, 0.15) is 41.4 Å². The van der Waals surface area contributed by atoms with Crippen molar-refractivity contribution in [3.63, 3.8) is 0 Å². The molecule has 0 saturated heterocycles. The van der Waals surface area contributed by atoms with Crippen molar-refractivity contribution in [2.45, 2.75) is 0 Å². The van der Waals surface area contributed by atoms with E-state index in [2.05, 4.69) is 0 Å². The Hall–Kier alpha value is -3.18. The molecule has 2 aromatic rings. The third kappa shape index (κ3) is 3.98. The monoisotopic (exact) mass is 466 g/mol. The van der Waals surface area contributed by atoms with E-state index >= 15 is 0 Å². The summed E-state index contributed by atoms with van der Waals surface area (Å²) < 4.78 is 0. The molecule has 2 aliphatic rings. The van der Waals surface area contributed by atoms with Gasteiger partial charge in [0, 0.05) is 85.4 Å². The number of likely N-dealkylation sites (N-methyl/N-ethyl adjacent to an activating group) is 2. The van der Waals surface area contributed by atoms with E-state index in [1.165, 1.54) is 9.80 Å². The summed E-state index contributed by atoms with van der Waals surface area (Å²) in [6.45, 7) is 3.70. The molecular weight excluding hydrogens is 436 g/mol. The van der Waals surface area contributed by atoms with Gasteiger partial charge in [-0.15, -0.1) is 0 Å². The number of nitrogens with two attached hydrogens (primary N) is 2. The fraction of sp³-hybridized carbons (Fsp3) is 0.417. The molecular formula is C24H30N6O4. The molecule has 10 nitrogen and oxygen atoms in total. The van der Waals surface area contributed by atoms with Gasteiger partial charge in [0.2, 0.25) is 0 Å². The average Bonchev–Trinajstić information content (AvgIpc) is 2.81. The number of amides is 4. The van der Waals surface area contributed by atoms with E-state index in [4.69, 9.17) is 11.5 Å². The Balaban J connectivity index is 1.69. The summed E-state index contributed by atoms with van der Waals surface area (Å²) in [7, 11) is 3.75. The zero-order valence-electron chi connectivity index (χ0n) is 19.5. The Bertz CT molecular complexity index is 1020. The van der Waals surface area contributed by atoms with E-state index in [1.54, 1.807) is 24.3 Å². The van der Waals surface area contributed by atoms with Crippen LogP contribution in [0.2, 0.25) is 0 Å². The van der Waals surface area contributed by atoms with Crippen LogP contribution >= 0.6 is 0 Å². The van der Waals surface area contributed by atoms with Crippen molar-refractivity contribution < 1.29 is 19.2 Å². The minimum atomic E-state index is -0.423. The summed E-state index contributed by atoms with van der Waals surface area (Å²) in [5.74, 6) is -1.69. The molecule has 2 aromatic carbocycles. The molecule has 0 saturated carbocycles. The van der Waals surface area contributed by atoms with Crippen molar-refractivity contribution in [3.05, 3.63) is 46.5 Å². The van der Waals surface area contributed by atoms with E-state index in [0.29, 0.717) is 72.3 Å². The van der Waals surface area contributed by atoms with Gasteiger partial charge in [0.1, 0.15) is 0 Å². The van der Waals surface area contributed by atoms with Crippen LogP contribution in [0.25, 0.3) is 10.8 Å². The summed E-state index contributed by atoms with van der Waals surface area (Å²) >= 11 is 0. The minimum Gasteiger partial charge on any atom is -0.329 e. The normalized spacial score (nSPS) is 15.5. The predicted molar refractivity (Wildman–Crippen MR) is 128 cm³/mol. The van der Waals surface area contributed by atoms with Crippen LogP contribution < -0.4 is 11.5 Å². The van der Waals surface area contributed by atoms with Crippen molar-refractivity contribution in [1.82, 2.24) is 19.6 Å². The van der Waals surface area contributed by atoms with Crippen LogP contribution in [0.4, 0.5) is 0 Å². The second-order valence-electron chi connectivity index (χ2n) is 8.78. The molecule has 2 aliphatic heterocycles. The first-order valence-electron chi connectivity index (χ1n) is 11.4. The van der Waals surface area contributed by atoms with Crippen LogP contribution in [-0.4, -0.2) is 110 Å². The fourth-order valence-corrected chi connectivity index (χ4v) is 4.59. The first-order valence-corrected chi connectivity index (χ1v) is 11.4. The van der Waals surface area contributed by atoms with Gasteiger partial charge in [-0.25, -0.2) is 0 Å². The molecule has 0 spiro atoms. The molecule has 4 amide bonds. The summed E-state index contributed by atoms with van der Waals surface area (Å²) in [5, 5.41) is 0.774. The van der Waals surface area contributed by atoms with E-state index in [1.807, 2.05) is 23.9 Å². The zero-order chi connectivity index (χ0) is 24.6. The van der Waals surface area contributed by atoms with E-state index in [-0.39, 0.29) is 13.1 Å². The molecule has 2 heterocycles. The topological polar surface area (TPSA) is 133 Å². The van der Waals surface area contributed by atoms with Gasteiger partial charge in [-0.3, -0.25) is 29.0 Å². The Kier molecular flexibility index (Phi) is 6.76. The van der Waals surface area contributed by atoms with Gasteiger partial charge in [0.15, 0.2) is 0 Å². The van der Waals surface area contributed by atoms with Gasteiger partial charge in [-0.1, -0.05) is 0 Å². The molecule has 0 atom stereocenters. The Morgan fingerprint density at radius 3 is 1.15 bits per heavy atom. The van der Waals surface area contributed by atoms with Gasteiger partial charge in [0.05, 0.1) is 0 Å². The fourth-order valence-electron chi connectivity index (χ4n) is 4.59. The van der Waals surface area contributed by atoms with Gasteiger partial charge >= 0.3 is 0 Å². The van der Waals surface area contributed by atoms with Gasteiger partial charge in [0.25, 0.3) is 23.6 Å². The van der Waals surface area contributed by atoms with Crippen LogP contribution in [-0.2, 0) is 0 Å². The number of rotatable bonds is 10. The lowest BCUT2D eigenvalue weighted by molar-refractivity contribution is 0.0576. The number of carbonyl (C=O) groups is 4. The maximum Gasteiger partial charge on any atom is 0.261 e. The van der Waals surface area contributed by atoms with Crippen molar-refractivity contribution in [2.24, 2.45) is 11.5 Å². The highest BCUT2D eigenvalue weighted by Gasteiger charge is 2.39. The van der Waals surface area contributed by atoms with Crippen molar-refractivity contribution >= 4 is 34.4 Å². The molecule has 0 radical (unpaired) electrons. The van der Waals surface area contributed by atoms with Crippen LogP contribution in [0.15, 0.2) is 24.3 Å². The highest BCUT2D eigenvalue weighted by molar-refractivity contribution is 6.33. The number of carbonyl (C=O) groups excluding carboxylic acids is 4. The van der Waals surface area contributed by atoms with E-state index in [9.17, 15) is 19.2 Å². The second kappa shape index (κ2) is 9.59. The number of hydrogen-bond acceptors (Lipinski definition) is 8. The first kappa shape index (κ1) is 24.0. The lowest BCUT2D eigenvalue weighted by Crippen LogP contribution is -2.46. The number of benzene rings is 2. The van der Waals surface area contributed by atoms with Crippen LogP contribution in [0.5, 0.6) is 0 Å². The highest BCUT2D eigenvalue weighted by Crippen LogP contribution is 2.37. The third-order valence-corrected chi connectivity index (χ3v) is 6.50. The molecule has 0 fully saturated rings. The van der Waals surface area contributed by atoms with Gasteiger partial charge in [-0.05, 0) is 38.4 Å². The van der Waals surface area contributed by atoms with Crippen LogP contribution in [0, 0.1) is 0 Å². The minimum absolute atomic E-state index is 0.223. The van der Waals surface area contributed by atoms with Gasteiger partial charge < -0.3 is 21.3 Å². The van der Waals surface area contributed by atoms with Crippen molar-refractivity contribution in [3.8, 4) is 0 Å². The molecule has 34 heavy (non-hydrogen) atoms. The molecule has 0 bridgehead atoms. The van der Waals surface area contributed by atoms with Crippen molar-refractivity contribution in [1.29, 1.82) is 0 Å². The Morgan fingerprint density at radius 1 is 0.588 bits per heavy atom. The Labute approximate surface area is 198 Å². The molecule has 180 valence electrons. The SMILES string of the molecule is CN(CCN)CCN1C(=O)c2ccc3c4c(ccc(c24)C1=O)C(=O)N(CCN(C)CCN)C3=O. The summed E-state index contributed by atoms with van der Waals surface area (Å²) in [5.41, 5.74) is 12.5. The standard InChI is InChI=1S/C24H30N6O4/c1-27(9-7-25)11-13-29-21(31)15-3-5-17-20-18(6-4-16(19(15)20)22(29)32)24(34)30(23(17)33)14-12-28(2)10-8-26/h3-6H,7-14,25-26H2,1-2H3. The lowest BCUT2D eigenvalue weighted by atomic mass is 9.86. The highest BCUT2D eigenvalue weighted by atomic mass is 16.2. The average molecular weight is 467 g/mol. The maximum absolute atomic E-state index is 13.2. The smallest absolute Gasteiger partial charge is 0.261 e. The van der Waals surface area contributed by atoms with E-state index < -0.39 is 23.6 Å². The van der Waals surface area contributed by atoms with Gasteiger partial charge in [-0.2, -0.15) is 0 Å². The predicted octanol–water partition coefficient (Wildman–Crippen LogP) is -0.187. The van der Waals surface area contributed by atoms with Crippen LogP contribution in [0.3, 0.4) is 0 Å². The summed E-state index contributed by atoms with van der Waals surface area (Å²) in [4.78, 5) is 59.3. The quantitative estimate of drug-likeness (QED) is 0.461.